The maximum atomic E-state index is 12.4. The number of piperidine rings is 1. The fraction of sp³-hybridized carbons (Fsp3) is 0.933. The maximum Gasteiger partial charge on any atom is 0.239 e. The Morgan fingerprint density at radius 3 is 2.72 bits per heavy atom. The molecule has 104 valence electrons. The molecule has 0 spiro atoms. The van der Waals surface area contributed by atoms with Crippen molar-refractivity contribution in [2.45, 2.75) is 64.8 Å². The summed E-state index contributed by atoms with van der Waals surface area (Å²) in [6, 6.07) is 0.0868. The Kier molecular flexibility index (Phi) is 4.66. The van der Waals surface area contributed by atoms with Crippen LogP contribution in [0.25, 0.3) is 0 Å². The zero-order valence-corrected chi connectivity index (χ0v) is 12.0. The van der Waals surface area contributed by atoms with E-state index in [0.717, 1.165) is 38.9 Å². The average Bonchev–Trinajstić information content (AvgIpc) is 2.77. The molecule has 0 radical (unpaired) electrons. The van der Waals surface area contributed by atoms with Crippen LogP contribution in [0.3, 0.4) is 0 Å². The van der Waals surface area contributed by atoms with Gasteiger partial charge >= 0.3 is 0 Å². The van der Waals surface area contributed by atoms with Gasteiger partial charge in [0.15, 0.2) is 0 Å². The smallest absolute Gasteiger partial charge is 0.239 e. The summed E-state index contributed by atoms with van der Waals surface area (Å²) in [6.07, 6.45) is 8.55. The summed E-state index contributed by atoms with van der Waals surface area (Å²) < 4.78 is 0. The highest BCUT2D eigenvalue weighted by Gasteiger charge is 2.35. The number of carbonyl (C=O) groups is 1. The van der Waals surface area contributed by atoms with Gasteiger partial charge in [0.1, 0.15) is 0 Å². The third-order valence-electron chi connectivity index (χ3n) is 4.55. The van der Waals surface area contributed by atoms with Gasteiger partial charge in [0.2, 0.25) is 5.91 Å². The Labute approximate surface area is 111 Å². The SMILES string of the molecule is CCCNC1CCCN(CC2(C)CCCC2)C1=O. The molecule has 1 amide bonds. The lowest BCUT2D eigenvalue weighted by molar-refractivity contribution is -0.137. The summed E-state index contributed by atoms with van der Waals surface area (Å²) in [4.78, 5) is 14.6. The van der Waals surface area contributed by atoms with E-state index in [1.807, 2.05) is 0 Å². The van der Waals surface area contributed by atoms with Gasteiger partial charge in [-0.25, -0.2) is 0 Å². The number of nitrogens with one attached hydrogen (secondary N) is 1. The van der Waals surface area contributed by atoms with Crippen molar-refractivity contribution < 1.29 is 4.79 Å². The van der Waals surface area contributed by atoms with Gasteiger partial charge in [0, 0.05) is 13.1 Å². The van der Waals surface area contributed by atoms with Crippen molar-refractivity contribution in [3.8, 4) is 0 Å². The lowest BCUT2D eigenvalue weighted by Crippen LogP contribution is -2.53. The van der Waals surface area contributed by atoms with Crippen molar-refractivity contribution in [3.63, 3.8) is 0 Å². The van der Waals surface area contributed by atoms with Gasteiger partial charge in [-0.05, 0) is 44.1 Å². The predicted molar refractivity (Wildman–Crippen MR) is 74.5 cm³/mol. The third-order valence-corrected chi connectivity index (χ3v) is 4.55. The first-order valence-corrected chi connectivity index (χ1v) is 7.67. The van der Waals surface area contributed by atoms with Crippen LogP contribution in [0.4, 0.5) is 0 Å². The summed E-state index contributed by atoms with van der Waals surface area (Å²) in [5.41, 5.74) is 0.391. The predicted octanol–water partition coefficient (Wildman–Crippen LogP) is 2.56. The number of likely N-dealkylation sites (tertiary alicyclic amines) is 1. The monoisotopic (exact) mass is 252 g/mol. The normalized spacial score (nSPS) is 27.8. The molecule has 1 N–H and O–H groups in total. The Morgan fingerprint density at radius 1 is 1.33 bits per heavy atom. The topological polar surface area (TPSA) is 32.3 Å². The minimum Gasteiger partial charge on any atom is -0.341 e. The fourth-order valence-corrected chi connectivity index (χ4v) is 3.45. The largest absolute Gasteiger partial charge is 0.341 e. The van der Waals surface area contributed by atoms with E-state index < -0.39 is 0 Å². The Morgan fingerprint density at radius 2 is 2.06 bits per heavy atom. The van der Waals surface area contributed by atoms with Crippen LogP contribution in [0, 0.1) is 5.41 Å². The lowest BCUT2D eigenvalue weighted by Gasteiger charge is -2.38. The molecule has 18 heavy (non-hydrogen) atoms. The highest BCUT2D eigenvalue weighted by Crippen LogP contribution is 2.38. The zero-order chi connectivity index (χ0) is 13.0. The minimum absolute atomic E-state index is 0.0868. The molecule has 1 saturated carbocycles. The minimum atomic E-state index is 0.0868. The second kappa shape index (κ2) is 6.05. The molecule has 2 rings (SSSR count). The Balaban J connectivity index is 1.89. The van der Waals surface area contributed by atoms with Crippen LogP contribution in [0.1, 0.15) is 58.8 Å². The molecule has 3 heteroatoms. The third kappa shape index (κ3) is 3.25. The van der Waals surface area contributed by atoms with Crippen LogP contribution >= 0.6 is 0 Å². The Bertz CT molecular complexity index is 284. The summed E-state index contributed by atoms with van der Waals surface area (Å²) in [5, 5.41) is 3.40. The van der Waals surface area contributed by atoms with Crippen LogP contribution in [0.5, 0.6) is 0 Å². The summed E-state index contributed by atoms with van der Waals surface area (Å²) in [6.45, 7) is 7.42. The fourth-order valence-electron chi connectivity index (χ4n) is 3.45. The molecule has 2 aliphatic rings. The summed E-state index contributed by atoms with van der Waals surface area (Å²) in [7, 11) is 0. The van der Waals surface area contributed by atoms with E-state index in [1.54, 1.807) is 0 Å². The number of rotatable bonds is 5. The molecule has 0 aromatic rings. The second-order valence-corrected chi connectivity index (χ2v) is 6.43. The molecule has 3 nitrogen and oxygen atoms in total. The first-order valence-electron chi connectivity index (χ1n) is 7.67. The van der Waals surface area contributed by atoms with Crippen LogP contribution in [0.2, 0.25) is 0 Å². The molecule has 1 atom stereocenters. The van der Waals surface area contributed by atoms with Crippen molar-refractivity contribution in [1.29, 1.82) is 0 Å². The molecule has 1 aliphatic heterocycles. The van der Waals surface area contributed by atoms with E-state index in [4.69, 9.17) is 0 Å². The number of hydrogen-bond donors (Lipinski definition) is 1. The first kappa shape index (κ1) is 13.9. The molecule has 1 heterocycles. The summed E-state index contributed by atoms with van der Waals surface area (Å²) >= 11 is 0. The molecule has 0 bridgehead atoms. The van der Waals surface area contributed by atoms with Gasteiger partial charge in [-0.1, -0.05) is 26.7 Å². The number of hydrogen-bond acceptors (Lipinski definition) is 2. The quantitative estimate of drug-likeness (QED) is 0.815. The van der Waals surface area contributed by atoms with Crippen LogP contribution in [-0.2, 0) is 4.79 Å². The lowest BCUT2D eigenvalue weighted by atomic mass is 9.87. The molecule has 1 aliphatic carbocycles. The molecule has 0 aromatic heterocycles. The van der Waals surface area contributed by atoms with Crippen molar-refractivity contribution in [3.05, 3.63) is 0 Å². The van der Waals surface area contributed by atoms with Gasteiger partial charge in [-0.3, -0.25) is 4.79 Å². The van der Waals surface area contributed by atoms with Gasteiger partial charge in [-0.2, -0.15) is 0 Å². The molecular formula is C15H28N2O. The van der Waals surface area contributed by atoms with Crippen molar-refractivity contribution in [1.82, 2.24) is 10.2 Å². The molecule has 1 unspecified atom stereocenters. The number of carbonyl (C=O) groups excluding carboxylic acids is 1. The molecular weight excluding hydrogens is 224 g/mol. The maximum absolute atomic E-state index is 12.4. The van der Waals surface area contributed by atoms with Crippen molar-refractivity contribution in [2.75, 3.05) is 19.6 Å². The van der Waals surface area contributed by atoms with E-state index >= 15 is 0 Å². The van der Waals surface area contributed by atoms with Crippen LogP contribution in [0.15, 0.2) is 0 Å². The van der Waals surface area contributed by atoms with E-state index in [9.17, 15) is 4.79 Å². The number of nitrogens with zero attached hydrogens (tertiary/aromatic N) is 1. The van der Waals surface area contributed by atoms with E-state index in [0.29, 0.717) is 11.3 Å². The van der Waals surface area contributed by atoms with Crippen LogP contribution in [-0.4, -0.2) is 36.5 Å². The second-order valence-electron chi connectivity index (χ2n) is 6.43. The number of amides is 1. The van der Waals surface area contributed by atoms with Crippen molar-refractivity contribution in [2.24, 2.45) is 5.41 Å². The zero-order valence-electron chi connectivity index (χ0n) is 12.0. The average molecular weight is 252 g/mol. The highest BCUT2D eigenvalue weighted by atomic mass is 16.2. The summed E-state index contributed by atoms with van der Waals surface area (Å²) in [5.74, 6) is 0.350. The molecule has 0 aromatic carbocycles. The van der Waals surface area contributed by atoms with Crippen molar-refractivity contribution >= 4 is 5.91 Å². The van der Waals surface area contributed by atoms with Gasteiger partial charge in [0.25, 0.3) is 0 Å². The first-order chi connectivity index (χ1) is 8.64. The van der Waals surface area contributed by atoms with Gasteiger partial charge in [0.05, 0.1) is 6.04 Å². The van der Waals surface area contributed by atoms with Crippen LogP contribution < -0.4 is 5.32 Å². The molecule has 2 fully saturated rings. The van der Waals surface area contributed by atoms with E-state index in [-0.39, 0.29) is 6.04 Å². The Hall–Kier alpha value is -0.570. The highest BCUT2D eigenvalue weighted by molar-refractivity contribution is 5.82. The van der Waals surface area contributed by atoms with Gasteiger partial charge in [-0.15, -0.1) is 0 Å². The van der Waals surface area contributed by atoms with E-state index in [2.05, 4.69) is 24.1 Å². The molecule has 1 saturated heterocycles. The standard InChI is InChI=1S/C15H28N2O/c1-3-10-16-13-7-6-11-17(14(13)18)12-15(2)8-4-5-9-15/h13,16H,3-12H2,1-2H3. The van der Waals surface area contributed by atoms with Gasteiger partial charge < -0.3 is 10.2 Å². The van der Waals surface area contributed by atoms with E-state index in [1.165, 1.54) is 25.7 Å².